The van der Waals surface area contributed by atoms with E-state index < -0.39 is 23.4 Å². The number of nitrogens with zero attached hydrogens (tertiary/aromatic N) is 3. The Balaban J connectivity index is 1.37. The molecule has 1 N–H and O–H groups in total. The quantitative estimate of drug-likeness (QED) is 0.697. The number of hydrogen-bond acceptors (Lipinski definition) is 4. The van der Waals surface area contributed by atoms with E-state index in [-0.39, 0.29) is 11.7 Å². The lowest BCUT2D eigenvalue weighted by Crippen LogP contribution is -2.40. The van der Waals surface area contributed by atoms with E-state index in [4.69, 9.17) is 4.42 Å². The molecule has 3 aromatic rings. The third-order valence-electron chi connectivity index (χ3n) is 4.86. The molecule has 1 aliphatic heterocycles. The third kappa shape index (κ3) is 4.08. The van der Waals surface area contributed by atoms with Gasteiger partial charge in [-0.15, -0.1) is 10.2 Å². The van der Waals surface area contributed by atoms with Crippen LogP contribution in [0.1, 0.15) is 24.7 Å². The van der Waals surface area contributed by atoms with E-state index in [0.29, 0.717) is 43.3 Å². The van der Waals surface area contributed by atoms with Gasteiger partial charge in [0.1, 0.15) is 23.1 Å². The number of halogens is 3. The number of carbonyl (C=O) groups excluding carboxylic acids is 1. The number of piperidine rings is 1. The average Bonchev–Trinajstić information content (AvgIpc) is 3.21. The maximum absolute atomic E-state index is 13.7. The van der Waals surface area contributed by atoms with Crippen molar-refractivity contribution in [2.75, 3.05) is 18.4 Å². The van der Waals surface area contributed by atoms with Gasteiger partial charge in [0.05, 0.1) is 0 Å². The van der Waals surface area contributed by atoms with Gasteiger partial charge in [-0.05, 0) is 49.2 Å². The molecule has 6 nitrogen and oxygen atoms in total. The van der Waals surface area contributed by atoms with Crippen molar-refractivity contribution in [1.29, 1.82) is 0 Å². The van der Waals surface area contributed by atoms with Gasteiger partial charge in [-0.3, -0.25) is 0 Å². The largest absolute Gasteiger partial charge is 0.420 e. The lowest BCUT2D eigenvalue weighted by molar-refractivity contribution is 0.190. The SMILES string of the molecule is O=C(Nc1c(F)cccc1F)N1CCC(c2nnc(-c3ccc(F)cc3)o2)CC1. The summed E-state index contributed by atoms with van der Waals surface area (Å²) < 4.78 is 46.2. The molecule has 0 unspecified atom stereocenters. The molecule has 9 heteroatoms. The lowest BCUT2D eigenvalue weighted by Gasteiger charge is -2.30. The molecular formula is C20H17F3N4O2. The molecule has 1 aliphatic rings. The van der Waals surface area contributed by atoms with Crippen LogP contribution >= 0.6 is 0 Å². The average molecular weight is 402 g/mol. The number of urea groups is 1. The molecule has 0 bridgehead atoms. The number of nitrogens with one attached hydrogen (secondary N) is 1. The topological polar surface area (TPSA) is 71.3 Å². The third-order valence-corrected chi connectivity index (χ3v) is 4.86. The first-order valence-electron chi connectivity index (χ1n) is 9.10. The first-order chi connectivity index (χ1) is 14.0. The Hall–Kier alpha value is -3.36. The highest BCUT2D eigenvalue weighted by Crippen LogP contribution is 2.30. The molecule has 2 heterocycles. The fourth-order valence-corrected chi connectivity index (χ4v) is 3.24. The number of anilines is 1. The fourth-order valence-electron chi connectivity index (χ4n) is 3.24. The Morgan fingerprint density at radius 1 is 1.00 bits per heavy atom. The predicted molar refractivity (Wildman–Crippen MR) is 98.6 cm³/mol. The van der Waals surface area contributed by atoms with Crippen molar-refractivity contribution in [1.82, 2.24) is 15.1 Å². The number of carbonyl (C=O) groups is 1. The van der Waals surface area contributed by atoms with Crippen molar-refractivity contribution in [2.45, 2.75) is 18.8 Å². The van der Waals surface area contributed by atoms with Crippen molar-refractivity contribution >= 4 is 11.7 Å². The number of benzene rings is 2. The van der Waals surface area contributed by atoms with Crippen molar-refractivity contribution < 1.29 is 22.4 Å². The van der Waals surface area contributed by atoms with Gasteiger partial charge in [-0.2, -0.15) is 0 Å². The predicted octanol–water partition coefficient (Wildman–Crippen LogP) is 4.57. The minimum absolute atomic E-state index is 0.0362. The molecule has 1 saturated heterocycles. The second kappa shape index (κ2) is 7.94. The molecule has 0 spiro atoms. The Bertz CT molecular complexity index is 995. The summed E-state index contributed by atoms with van der Waals surface area (Å²) in [6.45, 7) is 0.752. The summed E-state index contributed by atoms with van der Waals surface area (Å²) in [7, 11) is 0. The molecule has 1 aromatic heterocycles. The normalized spacial score (nSPS) is 14.8. The smallest absolute Gasteiger partial charge is 0.322 e. The second-order valence-electron chi connectivity index (χ2n) is 6.74. The summed E-state index contributed by atoms with van der Waals surface area (Å²) in [5.41, 5.74) is 0.161. The highest BCUT2D eigenvalue weighted by molar-refractivity contribution is 5.89. The monoisotopic (exact) mass is 402 g/mol. The molecule has 0 atom stereocenters. The Kier molecular flexibility index (Phi) is 5.20. The van der Waals surface area contributed by atoms with Gasteiger partial charge >= 0.3 is 6.03 Å². The van der Waals surface area contributed by atoms with Crippen molar-refractivity contribution in [3.63, 3.8) is 0 Å². The van der Waals surface area contributed by atoms with Gasteiger partial charge in [-0.1, -0.05) is 6.07 Å². The highest BCUT2D eigenvalue weighted by Gasteiger charge is 2.28. The number of aromatic nitrogens is 2. The van der Waals surface area contributed by atoms with E-state index >= 15 is 0 Å². The maximum atomic E-state index is 13.7. The number of hydrogen-bond donors (Lipinski definition) is 1. The van der Waals surface area contributed by atoms with Crippen LogP contribution < -0.4 is 5.32 Å². The van der Waals surface area contributed by atoms with E-state index in [1.807, 2.05) is 0 Å². The van der Waals surface area contributed by atoms with Crippen LogP contribution in [0.2, 0.25) is 0 Å². The van der Waals surface area contributed by atoms with Crippen molar-refractivity contribution in [3.05, 3.63) is 65.8 Å². The minimum Gasteiger partial charge on any atom is -0.420 e. The molecule has 2 amide bonds. The summed E-state index contributed by atoms with van der Waals surface area (Å²) in [6.07, 6.45) is 1.14. The van der Waals surface area contributed by atoms with Crippen molar-refractivity contribution in [3.8, 4) is 11.5 Å². The summed E-state index contributed by atoms with van der Waals surface area (Å²) >= 11 is 0. The van der Waals surface area contributed by atoms with Crippen LogP contribution in [0, 0.1) is 17.5 Å². The molecule has 150 valence electrons. The minimum atomic E-state index is -0.826. The van der Waals surface area contributed by atoms with Crippen molar-refractivity contribution in [2.24, 2.45) is 0 Å². The molecule has 1 fully saturated rings. The van der Waals surface area contributed by atoms with Crippen LogP contribution in [0.5, 0.6) is 0 Å². The molecule has 0 aliphatic carbocycles. The number of likely N-dealkylation sites (tertiary alicyclic amines) is 1. The van der Waals surface area contributed by atoms with E-state index in [1.54, 1.807) is 12.1 Å². The summed E-state index contributed by atoms with van der Waals surface area (Å²) in [4.78, 5) is 13.8. The van der Waals surface area contributed by atoms with Gasteiger partial charge in [0, 0.05) is 24.6 Å². The standard InChI is InChI=1S/C20H17F3N4O2/c21-14-6-4-12(5-7-14)18-25-26-19(29-18)13-8-10-27(11-9-13)20(28)24-17-15(22)2-1-3-16(17)23/h1-7,13H,8-11H2,(H,24,28). The molecule has 2 aromatic carbocycles. The van der Waals surface area contributed by atoms with Gasteiger partial charge in [0.25, 0.3) is 0 Å². The van der Waals surface area contributed by atoms with E-state index in [2.05, 4.69) is 15.5 Å². The molecular weight excluding hydrogens is 385 g/mol. The van der Waals surface area contributed by atoms with Gasteiger partial charge in [0.2, 0.25) is 11.8 Å². The van der Waals surface area contributed by atoms with Gasteiger partial charge in [0.15, 0.2) is 0 Å². The maximum Gasteiger partial charge on any atom is 0.322 e. The van der Waals surface area contributed by atoms with Gasteiger partial charge < -0.3 is 14.6 Å². The van der Waals surface area contributed by atoms with Gasteiger partial charge in [-0.25, -0.2) is 18.0 Å². The number of rotatable bonds is 3. The molecule has 29 heavy (non-hydrogen) atoms. The molecule has 0 saturated carbocycles. The zero-order valence-corrected chi connectivity index (χ0v) is 15.2. The Morgan fingerprint density at radius 2 is 1.66 bits per heavy atom. The van der Waals surface area contributed by atoms with Crippen LogP contribution in [-0.2, 0) is 0 Å². The Labute approximate surface area is 164 Å². The van der Waals surface area contributed by atoms with Crippen LogP contribution in [0.15, 0.2) is 46.9 Å². The number of amides is 2. The Morgan fingerprint density at radius 3 is 2.31 bits per heavy atom. The second-order valence-corrected chi connectivity index (χ2v) is 6.74. The first-order valence-corrected chi connectivity index (χ1v) is 9.10. The first kappa shape index (κ1) is 19.0. The zero-order valence-electron chi connectivity index (χ0n) is 15.2. The van der Waals surface area contributed by atoms with Crippen LogP contribution in [0.25, 0.3) is 11.5 Å². The van der Waals surface area contributed by atoms with E-state index in [1.165, 1.54) is 23.1 Å². The highest BCUT2D eigenvalue weighted by atomic mass is 19.1. The van der Waals surface area contributed by atoms with Crippen LogP contribution in [-0.4, -0.2) is 34.2 Å². The molecule has 4 rings (SSSR count). The lowest BCUT2D eigenvalue weighted by atomic mass is 9.97. The number of para-hydroxylation sites is 1. The summed E-state index contributed by atoms with van der Waals surface area (Å²) in [5, 5.41) is 10.4. The van der Waals surface area contributed by atoms with Crippen LogP contribution in [0.3, 0.4) is 0 Å². The molecule has 0 radical (unpaired) electrons. The van der Waals surface area contributed by atoms with E-state index in [9.17, 15) is 18.0 Å². The van der Waals surface area contributed by atoms with E-state index in [0.717, 1.165) is 12.1 Å². The summed E-state index contributed by atoms with van der Waals surface area (Å²) in [5.74, 6) is -1.29. The summed E-state index contributed by atoms with van der Waals surface area (Å²) in [6, 6.07) is 8.58. The fraction of sp³-hybridized carbons (Fsp3) is 0.250. The van der Waals surface area contributed by atoms with Crippen LogP contribution in [0.4, 0.5) is 23.7 Å². The zero-order chi connectivity index (χ0) is 20.4.